The molecule has 0 aliphatic rings. The molecule has 0 saturated carbocycles. The molecular formula is C8H12ClN3O3S. The van der Waals surface area contributed by atoms with Crippen molar-refractivity contribution in [3.63, 3.8) is 0 Å². The van der Waals surface area contributed by atoms with E-state index in [0.717, 1.165) is 6.26 Å². The molecule has 0 aromatic carbocycles. The fraction of sp³-hybridized carbons (Fsp3) is 0.500. The number of sulfone groups is 1. The molecule has 1 unspecified atom stereocenters. The molecule has 1 aromatic rings. The average molecular weight is 266 g/mol. The fourth-order valence-electron chi connectivity index (χ4n) is 1.21. The van der Waals surface area contributed by atoms with Crippen molar-refractivity contribution in [2.24, 2.45) is 0 Å². The molecule has 6 nitrogen and oxygen atoms in total. The molecule has 0 saturated heterocycles. The van der Waals surface area contributed by atoms with Crippen molar-refractivity contribution >= 4 is 27.3 Å². The average Bonchev–Trinajstić information content (AvgIpc) is 2.09. The Labute approximate surface area is 98.0 Å². The van der Waals surface area contributed by atoms with Gasteiger partial charge in [0.2, 0.25) is 0 Å². The lowest BCUT2D eigenvalue weighted by Crippen LogP contribution is -2.26. The van der Waals surface area contributed by atoms with Gasteiger partial charge in [-0.3, -0.25) is 4.79 Å². The Bertz CT molecular complexity index is 526. The van der Waals surface area contributed by atoms with Gasteiger partial charge in [0, 0.05) is 12.3 Å². The molecule has 0 fully saturated rings. The van der Waals surface area contributed by atoms with Crippen molar-refractivity contribution in [3.05, 3.63) is 21.7 Å². The van der Waals surface area contributed by atoms with Crippen LogP contribution in [-0.2, 0) is 9.84 Å². The highest BCUT2D eigenvalue weighted by atomic mass is 35.5. The summed E-state index contributed by atoms with van der Waals surface area (Å²) in [7, 11) is -3.09. The smallest absolute Gasteiger partial charge is 0.271 e. The second kappa shape index (κ2) is 4.84. The Hall–Kier alpha value is -1.08. The van der Waals surface area contributed by atoms with Crippen LogP contribution >= 0.6 is 11.6 Å². The van der Waals surface area contributed by atoms with Gasteiger partial charge < -0.3 is 10.3 Å². The fourth-order valence-corrected chi connectivity index (χ4v) is 2.36. The van der Waals surface area contributed by atoms with Crippen molar-refractivity contribution < 1.29 is 8.42 Å². The minimum absolute atomic E-state index is 0.0577. The highest BCUT2D eigenvalue weighted by Crippen LogP contribution is 2.13. The Morgan fingerprint density at radius 2 is 2.25 bits per heavy atom. The van der Waals surface area contributed by atoms with Gasteiger partial charge in [0.15, 0.2) is 5.82 Å². The van der Waals surface area contributed by atoms with E-state index in [1.165, 1.54) is 6.33 Å². The summed E-state index contributed by atoms with van der Waals surface area (Å²) in [5.41, 5.74) is -0.467. The van der Waals surface area contributed by atoms with Gasteiger partial charge in [-0.15, -0.1) is 0 Å². The maximum absolute atomic E-state index is 11.1. The van der Waals surface area contributed by atoms with E-state index < -0.39 is 15.4 Å². The van der Waals surface area contributed by atoms with Crippen molar-refractivity contribution in [1.29, 1.82) is 0 Å². The predicted molar refractivity (Wildman–Crippen MR) is 62.7 cm³/mol. The summed E-state index contributed by atoms with van der Waals surface area (Å²) in [4.78, 5) is 17.2. The van der Waals surface area contributed by atoms with Gasteiger partial charge >= 0.3 is 0 Å². The molecule has 16 heavy (non-hydrogen) atoms. The molecule has 0 radical (unpaired) electrons. The largest absolute Gasteiger partial charge is 0.365 e. The van der Waals surface area contributed by atoms with E-state index in [1.807, 2.05) is 0 Å². The van der Waals surface area contributed by atoms with Gasteiger partial charge in [0.05, 0.1) is 12.1 Å². The minimum Gasteiger partial charge on any atom is -0.365 e. The third-order valence-corrected chi connectivity index (χ3v) is 3.19. The standard InChI is InChI=1S/C8H12ClN3O3S/c1-5(3-16(2,14)15)12-7-6(9)8(13)11-4-10-7/h4-5H,3H2,1-2H3,(H2,10,11,12,13). The van der Waals surface area contributed by atoms with Crippen molar-refractivity contribution in [1.82, 2.24) is 9.97 Å². The molecule has 1 aromatic heterocycles. The van der Waals surface area contributed by atoms with Crippen LogP contribution in [0.2, 0.25) is 5.02 Å². The molecule has 1 rings (SSSR count). The van der Waals surface area contributed by atoms with Crippen LogP contribution in [0.3, 0.4) is 0 Å². The van der Waals surface area contributed by atoms with E-state index in [0.29, 0.717) is 0 Å². The zero-order valence-corrected chi connectivity index (χ0v) is 10.4. The summed E-state index contributed by atoms with van der Waals surface area (Å²) in [6.07, 6.45) is 2.34. The highest BCUT2D eigenvalue weighted by Gasteiger charge is 2.13. The molecule has 0 aliphatic heterocycles. The summed E-state index contributed by atoms with van der Waals surface area (Å²) in [5, 5.41) is 2.68. The van der Waals surface area contributed by atoms with Gasteiger partial charge in [-0.25, -0.2) is 13.4 Å². The molecular weight excluding hydrogens is 254 g/mol. The van der Waals surface area contributed by atoms with Gasteiger partial charge in [-0.2, -0.15) is 0 Å². The molecule has 0 amide bonds. The molecule has 0 aliphatic carbocycles. The van der Waals surface area contributed by atoms with Crippen LogP contribution in [0.15, 0.2) is 11.1 Å². The molecule has 0 bridgehead atoms. The lowest BCUT2D eigenvalue weighted by molar-refractivity contribution is 0.598. The Balaban J connectivity index is 2.82. The van der Waals surface area contributed by atoms with Crippen LogP contribution in [0.1, 0.15) is 6.92 Å². The first-order chi connectivity index (χ1) is 7.29. The number of hydrogen-bond acceptors (Lipinski definition) is 5. The second-order valence-electron chi connectivity index (χ2n) is 3.53. The van der Waals surface area contributed by atoms with E-state index in [9.17, 15) is 13.2 Å². The lowest BCUT2D eigenvalue weighted by atomic mass is 10.4. The first kappa shape index (κ1) is 13.0. The topological polar surface area (TPSA) is 91.9 Å². The van der Waals surface area contributed by atoms with Crippen LogP contribution < -0.4 is 10.9 Å². The second-order valence-corrected chi connectivity index (χ2v) is 6.09. The Morgan fingerprint density at radius 3 is 2.81 bits per heavy atom. The molecule has 1 heterocycles. The maximum Gasteiger partial charge on any atom is 0.271 e. The van der Waals surface area contributed by atoms with Crippen LogP contribution in [0, 0.1) is 0 Å². The number of aromatic nitrogens is 2. The van der Waals surface area contributed by atoms with Crippen LogP contribution in [0.25, 0.3) is 0 Å². The van der Waals surface area contributed by atoms with Gasteiger partial charge in [-0.05, 0) is 6.92 Å². The number of anilines is 1. The number of nitrogens with one attached hydrogen (secondary N) is 2. The molecule has 2 N–H and O–H groups in total. The number of hydrogen-bond donors (Lipinski definition) is 2. The van der Waals surface area contributed by atoms with Crippen LogP contribution in [0.5, 0.6) is 0 Å². The monoisotopic (exact) mass is 265 g/mol. The number of rotatable bonds is 4. The zero-order chi connectivity index (χ0) is 12.3. The van der Waals surface area contributed by atoms with Gasteiger partial charge in [0.25, 0.3) is 5.56 Å². The summed E-state index contributed by atoms with van der Waals surface area (Å²) in [6, 6.07) is -0.373. The summed E-state index contributed by atoms with van der Waals surface area (Å²) in [6.45, 7) is 1.67. The van der Waals surface area contributed by atoms with Crippen LogP contribution in [-0.4, -0.2) is 36.4 Å². The highest BCUT2D eigenvalue weighted by molar-refractivity contribution is 7.90. The van der Waals surface area contributed by atoms with Crippen molar-refractivity contribution in [3.8, 4) is 0 Å². The zero-order valence-electron chi connectivity index (χ0n) is 8.82. The normalized spacial score (nSPS) is 13.4. The van der Waals surface area contributed by atoms with E-state index in [4.69, 9.17) is 11.6 Å². The lowest BCUT2D eigenvalue weighted by Gasteiger charge is -2.13. The quantitative estimate of drug-likeness (QED) is 0.815. The van der Waals surface area contributed by atoms with E-state index >= 15 is 0 Å². The Kier molecular flexibility index (Phi) is 3.93. The summed E-state index contributed by atoms with van der Waals surface area (Å²) in [5.74, 6) is 0.124. The molecule has 8 heteroatoms. The number of nitrogens with zero attached hydrogens (tertiary/aromatic N) is 1. The van der Waals surface area contributed by atoms with E-state index in [1.54, 1.807) is 6.92 Å². The van der Waals surface area contributed by atoms with Crippen molar-refractivity contribution in [2.75, 3.05) is 17.3 Å². The third kappa shape index (κ3) is 3.82. The predicted octanol–water partition coefficient (Wildman–Crippen LogP) is 0.268. The summed E-state index contributed by atoms with van der Waals surface area (Å²) < 4.78 is 22.0. The summed E-state index contributed by atoms with van der Waals surface area (Å²) >= 11 is 5.69. The first-order valence-electron chi connectivity index (χ1n) is 4.47. The number of aromatic amines is 1. The molecule has 0 spiro atoms. The number of H-pyrrole nitrogens is 1. The van der Waals surface area contributed by atoms with Gasteiger partial charge in [0.1, 0.15) is 14.9 Å². The van der Waals surface area contributed by atoms with E-state index in [-0.39, 0.29) is 22.6 Å². The molecule has 1 atom stereocenters. The SMILES string of the molecule is CC(CS(C)(=O)=O)Nc1nc[nH]c(=O)c1Cl. The Morgan fingerprint density at radius 1 is 1.62 bits per heavy atom. The maximum atomic E-state index is 11.1. The number of halogens is 1. The first-order valence-corrected chi connectivity index (χ1v) is 6.91. The molecule has 90 valence electrons. The van der Waals surface area contributed by atoms with Crippen LogP contribution in [0.4, 0.5) is 5.82 Å². The van der Waals surface area contributed by atoms with Gasteiger partial charge in [-0.1, -0.05) is 11.6 Å². The minimum atomic E-state index is -3.09. The van der Waals surface area contributed by atoms with E-state index in [2.05, 4.69) is 15.3 Å². The van der Waals surface area contributed by atoms with Crippen molar-refractivity contribution in [2.45, 2.75) is 13.0 Å². The third-order valence-electron chi connectivity index (χ3n) is 1.73.